The number of thioether (sulfide) groups is 1. The summed E-state index contributed by atoms with van der Waals surface area (Å²) in [5.41, 5.74) is 3.33. The lowest BCUT2D eigenvalue weighted by atomic mass is 10.0. The molecule has 2 amide bonds. The highest BCUT2D eigenvalue weighted by molar-refractivity contribution is 7.99. The molecule has 5 nitrogen and oxygen atoms in total. The van der Waals surface area contributed by atoms with Crippen molar-refractivity contribution in [2.75, 3.05) is 38.8 Å². The molecule has 1 unspecified atom stereocenters. The summed E-state index contributed by atoms with van der Waals surface area (Å²) in [6.07, 6.45) is 5.35. The smallest absolute Gasteiger partial charge is 0.227 e. The van der Waals surface area contributed by atoms with Gasteiger partial charge in [0.15, 0.2) is 0 Å². The first-order chi connectivity index (χ1) is 16.1. The third-order valence-corrected chi connectivity index (χ3v) is 7.31. The van der Waals surface area contributed by atoms with Crippen molar-refractivity contribution in [3.8, 4) is 11.1 Å². The number of carbonyl (C=O) groups is 2. The number of hydrogen-bond acceptors (Lipinski definition) is 4. The molecular weight excluding hydrogens is 430 g/mol. The monoisotopic (exact) mass is 467 g/mol. The van der Waals surface area contributed by atoms with E-state index in [1.54, 1.807) is 11.8 Å². The average molecular weight is 468 g/mol. The lowest BCUT2D eigenvalue weighted by Gasteiger charge is -2.26. The van der Waals surface area contributed by atoms with Crippen LogP contribution in [0.15, 0.2) is 54.6 Å². The molecule has 2 aromatic carbocycles. The number of hydrogen-bond donors (Lipinski definition) is 1. The molecule has 1 aliphatic rings. The number of amides is 2. The molecule has 178 valence electrons. The first-order valence-corrected chi connectivity index (χ1v) is 13.1. The first kappa shape index (κ1) is 25.3. The van der Waals surface area contributed by atoms with Crippen LogP contribution in [-0.2, 0) is 16.0 Å². The molecule has 3 rings (SSSR count). The summed E-state index contributed by atoms with van der Waals surface area (Å²) in [6.45, 7) is 1.84. The number of unbranched alkanes of at least 4 members (excludes halogenated alkanes) is 3. The van der Waals surface area contributed by atoms with Gasteiger partial charge in [-0.15, -0.1) is 11.8 Å². The molecule has 2 aromatic rings. The van der Waals surface area contributed by atoms with Crippen LogP contribution in [0.25, 0.3) is 11.1 Å². The zero-order valence-corrected chi connectivity index (χ0v) is 20.8. The normalized spacial score (nSPS) is 15.6. The predicted octanol–water partition coefficient (Wildman–Crippen LogP) is 4.43. The molecule has 0 aromatic heterocycles. The molecule has 1 atom stereocenters. The molecule has 1 heterocycles. The van der Waals surface area contributed by atoms with Gasteiger partial charge in [0.2, 0.25) is 11.8 Å². The minimum atomic E-state index is -0.00308. The Bertz CT molecular complexity index is 873. The Morgan fingerprint density at radius 3 is 2.42 bits per heavy atom. The van der Waals surface area contributed by atoms with E-state index in [1.165, 1.54) is 18.4 Å². The number of benzene rings is 2. The highest BCUT2D eigenvalue weighted by atomic mass is 32.2. The van der Waals surface area contributed by atoms with Gasteiger partial charge in [-0.25, -0.2) is 0 Å². The number of carbonyl (C=O) groups excluding carboxylic acids is 2. The Kier molecular flexibility index (Phi) is 10.3. The van der Waals surface area contributed by atoms with Crippen LogP contribution in [-0.4, -0.2) is 66.5 Å². The van der Waals surface area contributed by atoms with Crippen molar-refractivity contribution < 1.29 is 9.59 Å². The molecule has 0 aliphatic carbocycles. The molecule has 1 fully saturated rings. The van der Waals surface area contributed by atoms with Gasteiger partial charge in [-0.2, -0.15) is 0 Å². The molecule has 1 aliphatic heterocycles. The Morgan fingerprint density at radius 2 is 1.70 bits per heavy atom. The van der Waals surface area contributed by atoms with Crippen LogP contribution in [0.3, 0.4) is 0 Å². The van der Waals surface area contributed by atoms with Crippen LogP contribution in [0, 0.1) is 0 Å². The topological polar surface area (TPSA) is 52.7 Å². The van der Waals surface area contributed by atoms with Gasteiger partial charge in [-0.05, 0) is 43.1 Å². The summed E-state index contributed by atoms with van der Waals surface area (Å²) in [5, 5.41) is 3.16. The molecule has 1 N–H and O–H groups in total. The maximum atomic E-state index is 13.0. The van der Waals surface area contributed by atoms with E-state index in [0.717, 1.165) is 42.8 Å². The van der Waals surface area contributed by atoms with Gasteiger partial charge in [0, 0.05) is 25.8 Å². The van der Waals surface area contributed by atoms with E-state index in [-0.39, 0.29) is 17.9 Å². The Morgan fingerprint density at radius 1 is 1.00 bits per heavy atom. The van der Waals surface area contributed by atoms with Gasteiger partial charge in [0.25, 0.3) is 0 Å². The van der Waals surface area contributed by atoms with Crippen molar-refractivity contribution in [1.82, 2.24) is 15.1 Å². The molecular formula is C27H37N3O2S. The molecule has 33 heavy (non-hydrogen) atoms. The molecule has 1 saturated heterocycles. The molecule has 0 saturated carbocycles. The summed E-state index contributed by atoms with van der Waals surface area (Å²) < 4.78 is 0. The third kappa shape index (κ3) is 7.90. The summed E-state index contributed by atoms with van der Waals surface area (Å²) in [7, 11) is 3.86. The SMILES string of the molecule is CNCCCCCCN(C)C(=O)CC1CSCN1C(=O)Cc1ccc(-c2ccccc2)cc1. The van der Waals surface area contributed by atoms with Gasteiger partial charge in [0.05, 0.1) is 18.3 Å². The molecule has 0 spiro atoms. The van der Waals surface area contributed by atoms with Gasteiger partial charge in [-0.3, -0.25) is 9.59 Å². The van der Waals surface area contributed by atoms with Crippen molar-refractivity contribution in [1.29, 1.82) is 0 Å². The Balaban J connectivity index is 1.46. The summed E-state index contributed by atoms with van der Waals surface area (Å²) >= 11 is 1.74. The fourth-order valence-corrected chi connectivity index (χ4v) is 5.36. The second-order valence-electron chi connectivity index (χ2n) is 8.79. The van der Waals surface area contributed by atoms with Crippen LogP contribution in [0.5, 0.6) is 0 Å². The zero-order valence-electron chi connectivity index (χ0n) is 20.0. The van der Waals surface area contributed by atoms with Crippen LogP contribution in [0.1, 0.15) is 37.7 Å². The van der Waals surface area contributed by atoms with Crippen molar-refractivity contribution in [2.24, 2.45) is 0 Å². The average Bonchev–Trinajstić information content (AvgIpc) is 3.30. The largest absolute Gasteiger partial charge is 0.346 e. The van der Waals surface area contributed by atoms with Gasteiger partial charge in [0.1, 0.15) is 0 Å². The van der Waals surface area contributed by atoms with Crippen molar-refractivity contribution >= 4 is 23.6 Å². The van der Waals surface area contributed by atoms with Crippen LogP contribution in [0.4, 0.5) is 0 Å². The van der Waals surface area contributed by atoms with E-state index in [9.17, 15) is 9.59 Å². The van der Waals surface area contributed by atoms with E-state index in [2.05, 4.69) is 29.6 Å². The van der Waals surface area contributed by atoms with E-state index in [4.69, 9.17) is 0 Å². The van der Waals surface area contributed by atoms with Gasteiger partial charge in [-0.1, -0.05) is 67.4 Å². The summed E-state index contributed by atoms with van der Waals surface area (Å²) in [5.74, 6) is 1.76. The number of nitrogens with one attached hydrogen (secondary N) is 1. The third-order valence-electron chi connectivity index (χ3n) is 6.22. The van der Waals surface area contributed by atoms with Gasteiger partial charge < -0.3 is 15.1 Å². The number of rotatable bonds is 12. The highest BCUT2D eigenvalue weighted by Gasteiger charge is 2.31. The zero-order chi connectivity index (χ0) is 23.5. The van der Waals surface area contributed by atoms with E-state index >= 15 is 0 Å². The standard InChI is InChI=1S/C27H37N3O2S/c1-28-16-8-3-4-9-17-29(2)26(31)19-25-20-33-21-30(25)27(32)18-22-12-14-24(15-13-22)23-10-6-5-7-11-23/h5-7,10-15,25,28H,3-4,8-9,16-21H2,1-2H3. The highest BCUT2D eigenvalue weighted by Crippen LogP contribution is 2.25. The molecule has 0 radical (unpaired) electrons. The van der Waals surface area contributed by atoms with Crippen molar-refractivity contribution in [2.45, 2.75) is 44.6 Å². The van der Waals surface area contributed by atoms with Crippen LogP contribution in [0.2, 0.25) is 0 Å². The first-order valence-electron chi connectivity index (χ1n) is 12.0. The summed E-state index contributed by atoms with van der Waals surface area (Å²) in [6, 6.07) is 18.5. The van der Waals surface area contributed by atoms with Gasteiger partial charge >= 0.3 is 0 Å². The maximum Gasteiger partial charge on any atom is 0.227 e. The minimum Gasteiger partial charge on any atom is -0.346 e. The Hall–Kier alpha value is -2.31. The fraction of sp³-hybridized carbons (Fsp3) is 0.481. The van der Waals surface area contributed by atoms with Crippen LogP contribution < -0.4 is 5.32 Å². The maximum absolute atomic E-state index is 13.0. The minimum absolute atomic E-state index is 0.00308. The lowest BCUT2D eigenvalue weighted by Crippen LogP contribution is -2.41. The van der Waals surface area contributed by atoms with Crippen molar-refractivity contribution in [3.63, 3.8) is 0 Å². The van der Waals surface area contributed by atoms with E-state index in [0.29, 0.717) is 18.7 Å². The summed E-state index contributed by atoms with van der Waals surface area (Å²) in [4.78, 5) is 29.5. The van der Waals surface area contributed by atoms with E-state index < -0.39 is 0 Å². The fourth-order valence-electron chi connectivity index (χ4n) is 4.14. The molecule has 6 heteroatoms. The second kappa shape index (κ2) is 13.4. The quantitative estimate of drug-likeness (QED) is 0.470. The van der Waals surface area contributed by atoms with E-state index in [1.807, 2.05) is 54.2 Å². The van der Waals surface area contributed by atoms with Crippen molar-refractivity contribution in [3.05, 3.63) is 60.2 Å². The predicted molar refractivity (Wildman–Crippen MR) is 138 cm³/mol. The Labute approximate surface area is 202 Å². The molecule has 0 bridgehead atoms. The number of nitrogens with zero attached hydrogens (tertiary/aromatic N) is 2. The second-order valence-corrected chi connectivity index (χ2v) is 9.79. The lowest BCUT2D eigenvalue weighted by molar-refractivity contribution is -0.134. The van der Waals surface area contributed by atoms with Crippen LogP contribution >= 0.6 is 11.8 Å².